The number of urea groups is 1. The minimum atomic E-state index is -0.267. The zero-order valence-corrected chi connectivity index (χ0v) is 11.7. The first kappa shape index (κ1) is 14.2. The van der Waals surface area contributed by atoms with E-state index in [1.165, 1.54) is 0 Å². The highest BCUT2D eigenvalue weighted by molar-refractivity contribution is 5.96. The van der Waals surface area contributed by atoms with Gasteiger partial charge in [-0.15, -0.1) is 0 Å². The second-order valence-electron chi connectivity index (χ2n) is 4.56. The maximum Gasteiger partial charge on any atom is 0.314 e. The molecule has 2 N–H and O–H groups in total. The van der Waals surface area contributed by atoms with Crippen LogP contribution in [0.3, 0.4) is 0 Å². The summed E-state index contributed by atoms with van der Waals surface area (Å²) in [7, 11) is 1.55. The van der Waals surface area contributed by atoms with E-state index in [0.29, 0.717) is 19.6 Å². The van der Waals surface area contributed by atoms with Crippen molar-refractivity contribution in [2.75, 3.05) is 25.1 Å². The number of rotatable bonds is 4. The number of hydrogen-bond acceptors (Lipinski definition) is 3. The van der Waals surface area contributed by atoms with Crippen LogP contribution in [0.5, 0.6) is 5.75 Å². The van der Waals surface area contributed by atoms with Crippen molar-refractivity contribution in [3.8, 4) is 5.75 Å². The second kappa shape index (κ2) is 6.27. The zero-order valence-electron chi connectivity index (χ0n) is 11.7. The Kier molecular flexibility index (Phi) is 4.45. The average Bonchev–Trinajstić information content (AvgIpc) is 2.80. The highest BCUT2D eigenvalue weighted by Gasteiger charge is 2.31. The van der Waals surface area contributed by atoms with Crippen molar-refractivity contribution in [1.29, 1.82) is 0 Å². The molecule has 1 aliphatic rings. The van der Waals surface area contributed by atoms with Crippen molar-refractivity contribution in [2.45, 2.75) is 19.4 Å². The molecular weight excluding hydrogens is 258 g/mol. The number of hydrogen-bond donors (Lipinski definition) is 2. The van der Waals surface area contributed by atoms with Gasteiger partial charge in [-0.1, -0.05) is 0 Å². The molecule has 1 atom stereocenters. The van der Waals surface area contributed by atoms with Crippen LogP contribution in [0.4, 0.5) is 10.5 Å². The molecule has 0 aliphatic carbocycles. The van der Waals surface area contributed by atoms with Gasteiger partial charge in [0, 0.05) is 25.7 Å². The molecule has 0 unspecified atom stereocenters. The number of nitrogens with one attached hydrogen (secondary N) is 2. The molecule has 0 saturated carbocycles. The smallest absolute Gasteiger partial charge is 0.314 e. The van der Waals surface area contributed by atoms with E-state index in [4.69, 9.17) is 4.74 Å². The molecule has 6 heteroatoms. The lowest BCUT2D eigenvalue weighted by Crippen LogP contribution is -2.41. The Hall–Kier alpha value is -2.24. The van der Waals surface area contributed by atoms with Crippen LogP contribution in [0.1, 0.15) is 13.3 Å². The van der Waals surface area contributed by atoms with E-state index in [2.05, 4.69) is 10.6 Å². The lowest BCUT2D eigenvalue weighted by atomic mass is 10.2. The van der Waals surface area contributed by atoms with E-state index in [1.54, 1.807) is 11.9 Å². The summed E-state index contributed by atoms with van der Waals surface area (Å²) in [5.41, 5.74) is 0.819. The minimum Gasteiger partial charge on any atom is -0.494 e. The molecule has 1 fully saturated rings. The van der Waals surface area contributed by atoms with E-state index in [0.717, 1.165) is 11.4 Å². The van der Waals surface area contributed by atoms with E-state index >= 15 is 0 Å². The lowest BCUT2D eigenvalue weighted by molar-refractivity contribution is -0.117. The van der Waals surface area contributed by atoms with Crippen molar-refractivity contribution in [3.63, 3.8) is 0 Å². The summed E-state index contributed by atoms with van der Waals surface area (Å²) in [5, 5.41) is 5.24. The lowest BCUT2D eigenvalue weighted by Gasteiger charge is -2.17. The molecule has 1 aliphatic heterocycles. The summed E-state index contributed by atoms with van der Waals surface area (Å²) >= 11 is 0. The Morgan fingerprint density at radius 1 is 1.40 bits per heavy atom. The van der Waals surface area contributed by atoms with Gasteiger partial charge in [-0.25, -0.2) is 4.79 Å². The first-order valence-corrected chi connectivity index (χ1v) is 6.65. The number of nitrogens with zero attached hydrogens (tertiary/aromatic N) is 1. The molecule has 2 rings (SSSR count). The SMILES string of the molecule is CCOc1ccc(N2C[C@@H](NC(=O)NC)CC2=O)cc1. The van der Waals surface area contributed by atoms with Crippen LogP contribution >= 0.6 is 0 Å². The number of amides is 3. The standard InChI is InChI=1S/C14H19N3O3/c1-3-20-12-6-4-11(5-7-12)17-9-10(8-13(17)18)16-14(19)15-2/h4-7,10H,3,8-9H2,1-2H3,(H2,15,16,19)/t10-/m0/s1. The third-order valence-electron chi connectivity index (χ3n) is 3.15. The maximum atomic E-state index is 12.0. The molecule has 0 aromatic heterocycles. The molecule has 1 saturated heterocycles. The van der Waals surface area contributed by atoms with Gasteiger partial charge in [-0.05, 0) is 31.2 Å². The predicted octanol–water partition coefficient (Wildman–Crippen LogP) is 1.12. The molecule has 1 aromatic rings. The molecule has 6 nitrogen and oxygen atoms in total. The minimum absolute atomic E-state index is 0.00978. The molecule has 0 radical (unpaired) electrons. The van der Waals surface area contributed by atoms with Crippen LogP contribution in [0.25, 0.3) is 0 Å². The van der Waals surface area contributed by atoms with Gasteiger partial charge in [-0.2, -0.15) is 0 Å². The summed E-state index contributed by atoms with van der Waals surface area (Å²) in [4.78, 5) is 24.9. The van der Waals surface area contributed by atoms with Gasteiger partial charge < -0.3 is 20.3 Å². The van der Waals surface area contributed by atoms with Crippen molar-refractivity contribution < 1.29 is 14.3 Å². The molecule has 1 heterocycles. The summed E-state index contributed by atoms with van der Waals surface area (Å²) in [5.74, 6) is 0.790. The molecule has 1 aromatic carbocycles. The molecule has 0 bridgehead atoms. The summed E-state index contributed by atoms with van der Waals surface area (Å²) in [6, 6.07) is 6.96. The van der Waals surface area contributed by atoms with E-state index in [9.17, 15) is 9.59 Å². The topological polar surface area (TPSA) is 70.7 Å². The van der Waals surface area contributed by atoms with Crippen LogP contribution < -0.4 is 20.3 Å². The van der Waals surface area contributed by atoms with Crippen molar-refractivity contribution in [2.24, 2.45) is 0 Å². The number of carbonyl (C=O) groups excluding carboxylic acids is 2. The normalized spacial score (nSPS) is 18.0. The second-order valence-corrected chi connectivity index (χ2v) is 4.56. The molecule has 0 spiro atoms. The maximum absolute atomic E-state index is 12.0. The van der Waals surface area contributed by atoms with Crippen molar-refractivity contribution in [3.05, 3.63) is 24.3 Å². The van der Waals surface area contributed by atoms with Gasteiger partial charge in [-0.3, -0.25) is 4.79 Å². The molecular formula is C14H19N3O3. The van der Waals surface area contributed by atoms with E-state index < -0.39 is 0 Å². The zero-order chi connectivity index (χ0) is 14.5. The Bertz CT molecular complexity index is 487. The van der Waals surface area contributed by atoms with Crippen LogP contribution in [-0.4, -0.2) is 38.2 Å². The van der Waals surface area contributed by atoms with Crippen molar-refractivity contribution in [1.82, 2.24) is 10.6 Å². The predicted molar refractivity (Wildman–Crippen MR) is 76.0 cm³/mol. The van der Waals surface area contributed by atoms with Crippen molar-refractivity contribution >= 4 is 17.6 Å². The molecule has 3 amide bonds. The average molecular weight is 277 g/mol. The quantitative estimate of drug-likeness (QED) is 0.866. The largest absolute Gasteiger partial charge is 0.494 e. The van der Waals surface area contributed by atoms with Gasteiger partial charge in [0.1, 0.15) is 5.75 Å². The van der Waals surface area contributed by atoms with Gasteiger partial charge in [0.15, 0.2) is 0 Å². The fourth-order valence-electron chi connectivity index (χ4n) is 2.20. The number of anilines is 1. The highest BCUT2D eigenvalue weighted by Crippen LogP contribution is 2.24. The summed E-state index contributed by atoms with van der Waals surface area (Å²) in [6.45, 7) is 3.02. The third kappa shape index (κ3) is 3.20. The van der Waals surface area contributed by atoms with Gasteiger partial charge in [0.05, 0.1) is 12.6 Å². The summed E-state index contributed by atoms with van der Waals surface area (Å²) < 4.78 is 5.37. The summed E-state index contributed by atoms with van der Waals surface area (Å²) in [6.07, 6.45) is 0.320. The van der Waals surface area contributed by atoms with Crippen LogP contribution in [0.15, 0.2) is 24.3 Å². The van der Waals surface area contributed by atoms with E-state index in [1.807, 2.05) is 31.2 Å². The Morgan fingerprint density at radius 3 is 2.70 bits per heavy atom. The van der Waals surface area contributed by atoms with Gasteiger partial charge >= 0.3 is 6.03 Å². The Balaban J connectivity index is 2.02. The third-order valence-corrected chi connectivity index (χ3v) is 3.15. The number of carbonyl (C=O) groups is 2. The number of ether oxygens (including phenoxy) is 1. The van der Waals surface area contributed by atoms with E-state index in [-0.39, 0.29) is 18.0 Å². The molecule has 20 heavy (non-hydrogen) atoms. The first-order chi connectivity index (χ1) is 9.63. The van der Waals surface area contributed by atoms with Crippen LogP contribution in [0.2, 0.25) is 0 Å². The molecule has 108 valence electrons. The van der Waals surface area contributed by atoms with Crippen LogP contribution in [0, 0.1) is 0 Å². The Labute approximate surface area is 118 Å². The first-order valence-electron chi connectivity index (χ1n) is 6.65. The highest BCUT2D eigenvalue weighted by atomic mass is 16.5. The fourth-order valence-corrected chi connectivity index (χ4v) is 2.20. The van der Waals surface area contributed by atoms with Gasteiger partial charge in [0.25, 0.3) is 0 Å². The van der Waals surface area contributed by atoms with Crippen LogP contribution in [-0.2, 0) is 4.79 Å². The monoisotopic (exact) mass is 277 g/mol. The fraction of sp³-hybridized carbons (Fsp3) is 0.429. The van der Waals surface area contributed by atoms with Gasteiger partial charge in [0.2, 0.25) is 5.91 Å². The number of benzene rings is 1. The Morgan fingerprint density at radius 2 is 2.10 bits per heavy atom.